The summed E-state index contributed by atoms with van der Waals surface area (Å²) in [5.41, 5.74) is 8.44. The molecular weight excluding hydrogens is 386 g/mol. The number of hydrogen-bond acceptors (Lipinski definition) is 5. The van der Waals surface area contributed by atoms with Crippen LogP contribution < -0.4 is 11.1 Å². The molecule has 2 amide bonds. The quantitative estimate of drug-likeness (QED) is 0.465. The molecule has 3 N–H and O–H groups in total. The van der Waals surface area contributed by atoms with Crippen molar-refractivity contribution in [2.45, 2.75) is 10.5 Å². The first-order chi connectivity index (χ1) is 14.1. The summed E-state index contributed by atoms with van der Waals surface area (Å²) >= 11 is 1.24. The highest BCUT2D eigenvalue weighted by molar-refractivity contribution is 8.00. The molecule has 144 valence electrons. The van der Waals surface area contributed by atoms with Crippen molar-refractivity contribution in [2.75, 3.05) is 5.32 Å². The number of nitrogens with one attached hydrogen (secondary N) is 1. The van der Waals surface area contributed by atoms with Crippen molar-refractivity contribution in [3.63, 3.8) is 0 Å². The van der Waals surface area contributed by atoms with Crippen molar-refractivity contribution < 1.29 is 14.0 Å². The van der Waals surface area contributed by atoms with Gasteiger partial charge in [-0.05, 0) is 53.7 Å². The predicted molar refractivity (Wildman–Crippen MR) is 113 cm³/mol. The molecule has 7 heteroatoms. The molecule has 0 fully saturated rings. The number of amides is 2. The second-order valence-corrected chi connectivity index (χ2v) is 7.34. The second-order valence-electron chi connectivity index (χ2n) is 6.29. The Morgan fingerprint density at radius 2 is 1.62 bits per heavy atom. The molecule has 4 aromatic rings. The number of fused-ring (bicyclic) bond motifs is 1. The van der Waals surface area contributed by atoms with Crippen LogP contribution in [0.25, 0.3) is 11.1 Å². The normalized spacial score (nSPS) is 11.9. The summed E-state index contributed by atoms with van der Waals surface area (Å²) in [7, 11) is 0. The standard InChI is InChI=1S/C22H17N3O3S/c23-20(26)15-10-12-16(13-11-15)24-21(27)19(14-6-2-1-3-7-14)29-22-25-17-8-4-5-9-18(17)28-22/h1-13,19H,(H2,23,26)(H,24,27). The number of hydrogen-bond donors (Lipinski definition) is 2. The first-order valence-electron chi connectivity index (χ1n) is 8.88. The monoisotopic (exact) mass is 403 g/mol. The molecule has 0 saturated carbocycles. The number of anilines is 1. The molecular formula is C22H17N3O3S. The smallest absolute Gasteiger partial charge is 0.257 e. The lowest BCUT2D eigenvalue weighted by molar-refractivity contribution is -0.115. The van der Waals surface area contributed by atoms with Gasteiger partial charge >= 0.3 is 0 Å². The summed E-state index contributed by atoms with van der Waals surface area (Å²) in [6.07, 6.45) is 0. The van der Waals surface area contributed by atoms with Gasteiger partial charge in [-0.25, -0.2) is 4.98 Å². The highest BCUT2D eigenvalue weighted by atomic mass is 32.2. The van der Waals surface area contributed by atoms with Crippen LogP contribution in [0.5, 0.6) is 0 Å². The van der Waals surface area contributed by atoms with Gasteiger partial charge in [0.15, 0.2) is 5.58 Å². The van der Waals surface area contributed by atoms with E-state index in [2.05, 4.69) is 10.3 Å². The number of nitrogens with zero attached hydrogens (tertiary/aromatic N) is 1. The van der Waals surface area contributed by atoms with Crippen LogP contribution in [0.4, 0.5) is 5.69 Å². The molecule has 1 heterocycles. The maximum atomic E-state index is 13.1. The fraction of sp³-hybridized carbons (Fsp3) is 0.0455. The van der Waals surface area contributed by atoms with E-state index in [9.17, 15) is 9.59 Å². The lowest BCUT2D eigenvalue weighted by Gasteiger charge is -2.15. The molecule has 29 heavy (non-hydrogen) atoms. The molecule has 0 saturated heterocycles. The first kappa shape index (κ1) is 18.8. The van der Waals surface area contributed by atoms with Crippen LogP contribution in [0.1, 0.15) is 21.2 Å². The summed E-state index contributed by atoms with van der Waals surface area (Å²) < 4.78 is 5.78. The third-order valence-electron chi connectivity index (χ3n) is 4.27. The molecule has 0 spiro atoms. The van der Waals surface area contributed by atoms with Crippen LogP contribution >= 0.6 is 11.8 Å². The third kappa shape index (κ3) is 4.30. The van der Waals surface area contributed by atoms with Crippen molar-refractivity contribution in [1.29, 1.82) is 0 Å². The maximum Gasteiger partial charge on any atom is 0.257 e. The van der Waals surface area contributed by atoms with Gasteiger partial charge in [0.1, 0.15) is 10.8 Å². The summed E-state index contributed by atoms with van der Waals surface area (Å²) in [5, 5.41) is 2.73. The number of thioether (sulfide) groups is 1. The number of para-hydroxylation sites is 2. The van der Waals surface area contributed by atoms with Crippen LogP contribution in [0, 0.1) is 0 Å². The lowest BCUT2D eigenvalue weighted by Crippen LogP contribution is -2.19. The Morgan fingerprint density at radius 3 is 2.31 bits per heavy atom. The fourth-order valence-electron chi connectivity index (χ4n) is 2.83. The number of oxazole rings is 1. The number of aromatic nitrogens is 1. The number of carbonyl (C=O) groups is 2. The summed E-state index contributed by atoms with van der Waals surface area (Å²) in [6, 6.07) is 23.3. The van der Waals surface area contributed by atoms with E-state index in [1.54, 1.807) is 24.3 Å². The Balaban J connectivity index is 1.59. The Labute approximate surface area is 171 Å². The van der Waals surface area contributed by atoms with Gasteiger partial charge in [-0.3, -0.25) is 9.59 Å². The van der Waals surface area contributed by atoms with Crippen LogP contribution in [0.15, 0.2) is 88.5 Å². The minimum Gasteiger partial charge on any atom is -0.431 e. The Hall–Kier alpha value is -3.58. The minimum atomic E-state index is -0.569. The molecule has 1 unspecified atom stereocenters. The minimum absolute atomic E-state index is 0.227. The predicted octanol–water partition coefficient (Wildman–Crippen LogP) is 4.40. The summed E-state index contributed by atoms with van der Waals surface area (Å²) in [4.78, 5) is 28.7. The highest BCUT2D eigenvalue weighted by Gasteiger charge is 2.25. The van der Waals surface area contributed by atoms with Crippen molar-refractivity contribution in [2.24, 2.45) is 5.73 Å². The second kappa shape index (κ2) is 8.20. The van der Waals surface area contributed by atoms with Gasteiger partial charge in [-0.15, -0.1) is 0 Å². The third-order valence-corrected chi connectivity index (χ3v) is 5.37. The Kier molecular flexibility index (Phi) is 5.31. The molecule has 0 aliphatic rings. The van der Waals surface area contributed by atoms with Gasteiger partial charge in [0.25, 0.3) is 5.22 Å². The zero-order chi connectivity index (χ0) is 20.2. The molecule has 4 rings (SSSR count). The van der Waals surface area contributed by atoms with E-state index < -0.39 is 11.2 Å². The van der Waals surface area contributed by atoms with E-state index >= 15 is 0 Å². The van der Waals surface area contributed by atoms with Crippen LogP contribution in [0.2, 0.25) is 0 Å². The van der Waals surface area contributed by atoms with E-state index in [1.165, 1.54) is 11.8 Å². The number of nitrogens with two attached hydrogens (primary N) is 1. The van der Waals surface area contributed by atoms with E-state index in [-0.39, 0.29) is 5.91 Å². The van der Waals surface area contributed by atoms with Crippen molar-refractivity contribution >= 4 is 40.4 Å². The van der Waals surface area contributed by atoms with Crippen LogP contribution in [-0.4, -0.2) is 16.8 Å². The van der Waals surface area contributed by atoms with Gasteiger partial charge in [-0.2, -0.15) is 0 Å². The molecule has 6 nitrogen and oxygen atoms in total. The van der Waals surface area contributed by atoms with E-state index in [0.29, 0.717) is 22.1 Å². The number of rotatable bonds is 6. The van der Waals surface area contributed by atoms with Gasteiger partial charge in [0, 0.05) is 11.3 Å². The lowest BCUT2D eigenvalue weighted by atomic mass is 10.1. The number of carbonyl (C=O) groups excluding carboxylic acids is 2. The zero-order valence-corrected chi connectivity index (χ0v) is 16.1. The average molecular weight is 403 g/mol. The molecule has 0 bridgehead atoms. The van der Waals surface area contributed by atoms with E-state index in [4.69, 9.17) is 10.2 Å². The van der Waals surface area contributed by atoms with Gasteiger partial charge < -0.3 is 15.5 Å². The summed E-state index contributed by atoms with van der Waals surface area (Å²) in [6.45, 7) is 0. The Bertz CT molecular complexity index is 1120. The molecule has 1 aromatic heterocycles. The van der Waals surface area contributed by atoms with Crippen molar-refractivity contribution in [3.05, 3.63) is 90.0 Å². The van der Waals surface area contributed by atoms with Crippen LogP contribution in [0.3, 0.4) is 0 Å². The molecule has 3 aromatic carbocycles. The first-order valence-corrected chi connectivity index (χ1v) is 9.76. The van der Waals surface area contributed by atoms with Crippen molar-refractivity contribution in [3.8, 4) is 0 Å². The van der Waals surface area contributed by atoms with E-state index in [1.807, 2.05) is 54.6 Å². The Morgan fingerprint density at radius 1 is 0.931 bits per heavy atom. The SMILES string of the molecule is NC(=O)c1ccc(NC(=O)C(Sc2nc3ccccc3o2)c2ccccc2)cc1. The molecule has 0 radical (unpaired) electrons. The van der Waals surface area contributed by atoms with Crippen LogP contribution in [-0.2, 0) is 4.79 Å². The highest BCUT2D eigenvalue weighted by Crippen LogP contribution is 2.37. The van der Waals surface area contributed by atoms with Gasteiger partial charge in [0.2, 0.25) is 11.8 Å². The average Bonchev–Trinajstić information content (AvgIpc) is 3.15. The van der Waals surface area contributed by atoms with Gasteiger partial charge in [-0.1, -0.05) is 42.5 Å². The fourth-order valence-corrected chi connectivity index (χ4v) is 3.78. The summed E-state index contributed by atoms with van der Waals surface area (Å²) in [5.74, 6) is -0.744. The molecule has 0 aliphatic carbocycles. The topological polar surface area (TPSA) is 98.2 Å². The zero-order valence-electron chi connectivity index (χ0n) is 15.2. The largest absolute Gasteiger partial charge is 0.431 e. The molecule has 0 aliphatic heterocycles. The number of benzene rings is 3. The van der Waals surface area contributed by atoms with E-state index in [0.717, 1.165) is 11.1 Å². The molecule has 1 atom stereocenters. The van der Waals surface area contributed by atoms with Crippen molar-refractivity contribution in [1.82, 2.24) is 4.98 Å². The maximum absolute atomic E-state index is 13.1. The number of primary amides is 1. The van der Waals surface area contributed by atoms with Gasteiger partial charge in [0.05, 0.1) is 0 Å².